The van der Waals surface area contributed by atoms with E-state index in [9.17, 15) is 5.11 Å². The number of nitrogens with one attached hydrogen (secondary N) is 1. The second-order valence-electron chi connectivity index (χ2n) is 4.22. The van der Waals surface area contributed by atoms with E-state index in [2.05, 4.69) is 31.9 Å². The van der Waals surface area contributed by atoms with Gasteiger partial charge in [0.05, 0.1) is 6.61 Å². The van der Waals surface area contributed by atoms with Gasteiger partial charge in [-0.25, -0.2) is 0 Å². The van der Waals surface area contributed by atoms with Crippen LogP contribution in [0.5, 0.6) is 0 Å². The normalized spacial score (nSPS) is 10.9. The molecule has 5 nitrogen and oxygen atoms in total. The number of benzene rings is 1. The molecule has 102 valence electrons. The molecule has 0 saturated heterocycles. The van der Waals surface area contributed by atoms with Crippen LogP contribution in [-0.2, 0) is 13.1 Å². The van der Waals surface area contributed by atoms with Crippen LogP contribution in [-0.4, -0.2) is 39.8 Å². The Balaban J connectivity index is 2.04. The van der Waals surface area contributed by atoms with Crippen LogP contribution >= 0.6 is 11.5 Å². The highest BCUT2D eigenvalue weighted by Crippen LogP contribution is 2.19. The summed E-state index contributed by atoms with van der Waals surface area (Å²) < 4.78 is 3.95. The van der Waals surface area contributed by atoms with E-state index in [-0.39, 0.29) is 6.61 Å². The monoisotopic (exact) mass is 278 g/mol. The van der Waals surface area contributed by atoms with Crippen molar-refractivity contribution in [2.75, 3.05) is 25.5 Å². The largest absolute Gasteiger partial charge is 0.395 e. The number of aliphatic hydroxyl groups is 1. The molecule has 1 aromatic heterocycles. The third kappa shape index (κ3) is 3.99. The van der Waals surface area contributed by atoms with Gasteiger partial charge in [-0.05, 0) is 5.56 Å². The molecule has 6 heteroatoms. The number of aliphatic hydroxyl groups excluding tert-OH is 1. The molecule has 0 aliphatic carbocycles. The quantitative estimate of drug-likeness (QED) is 0.805. The van der Waals surface area contributed by atoms with Crippen LogP contribution in [0.3, 0.4) is 0 Å². The first-order chi connectivity index (χ1) is 9.33. The molecule has 0 amide bonds. The van der Waals surface area contributed by atoms with Crippen molar-refractivity contribution >= 4 is 16.5 Å². The number of nitrogens with zero attached hydrogens (tertiary/aromatic N) is 3. The molecule has 0 spiro atoms. The number of aromatic nitrogens is 2. The van der Waals surface area contributed by atoms with Crippen molar-refractivity contribution in [1.82, 2.24) is 14.5 Å². The third-order valence-electron chi connectivity index (χ3n) is 2.82. The van der Waals surface area contributed by atoms with Crippen molar-refractivity contribution in [2.24, 2.45) is 0 Å². The lowest BCUT2D eigenvalue weighted by Crippen LogP contribution is -2.26. The van der Waals surface area contributed by atoms with Gasteiger partial charge < -0.3 is 10.4 Å². The van der Waals surface area contributed by atoms with Crippen molar-refractivity contribution < 1.29 is 5.11 Å². The zero-order valence-electron chi connectivity index (χ0n) is 10.9. The van der Waals surface area contributed by atoms with E-state index < -0.39 is 0 Å². The molecule has 2 N–H and O–H groups in total. The Hall–Kier alpha value is -1.50. The van der Waals surface area contributed by atoms with Gasteiger partial charge in [0, 0.05) is 38.2 Å². The lowest BCUT2D eigenvalue weighted by Gasteiger charge is -2.20. The lowest BCUT2D eigenvalue weighted by molar-refractivity contribution is 0.183. The number of anilines is 1. The summed E-state index contributed by atoms with van der Waals surface area (Å²) in [7, 11) is 1.87. The minimum absolute atomic E-state index is 0.138. The summed E-state index contributed by atoms with van der Waals surface area (Å²) in [6.07, 6.45) is 0. The molecule has 0 fully saturated rings. The van der Waals surface area contributed by atoms with E-state index in [1.54, 1.807) is 0 Å². The van der Waals surface area contributed by atoms with Crippen LogP contribution in [0.25, 0.3) is 0 Å². The lowest BCUT2D eigenvalue weighted by atomic mass is 10.2. The van der Waals surface area contributed by atoms with E-state index in [4.69, 9.17) is 0 Å². The molecule has 1 heterocycles. The van der Waals surface area contributed by atoms with Crippen LogP contribution in [0.1, 0.15) is 11.3 Å². The molecule has 2 rings (SSSR count). The molecule has 0 aliphatic rings. The fourth-order valence-corrected chi connectivity index (χ4v) is 2.43. The van der Waals surface area contributed by atoms with Gasteiger partial charge in [-0.1, -0.05) is 34.8 Å². The van der Waals surface area contributed by atoms with E-state index in [0.717, 1.165) is 17.2 Å². The number of hydrogen-bond donors (Lipinski definition) is 2. The third-order valence-corrected chi connectivity index (χ3v) is 3.61. The summed E-state index contributed by atoms with van der Waals surface area (Å²) in [5.41, 5.74) is 2.15. The highest BCUT2D eigenvalue weighted by atomic mass is 32.1. The second-order valence-corrected chi connectivity index (χ2v) is 4.97. The average Bonchev–Trinajstić information content (AvgIpc) is 2.87. The predicted molar refractivity (Wildman–Crippen MR) is 77.1 cm³/mol. The molecule has 0 unspecified atom stereocenters. The Bertz CT molecular complexity index is 488. The van der Waals surface area contributed by atoms with Gasteiger partial charge in [-0.2, -0.15) is 0 Å². The van der Waals surface area contributed by atoms with Crippen LogP contribution in [0.2, 0.25) is 0 Å². The van der Waals surface area contributed by atoms with Crippen molar-refractivity contribution in [3.8, 4) is 0 Å². The van der Waals surface area contributed by atoms with Crippen molar-refractivity contribution in [3.05, 3.63) is 41.6 Å². The summed E-state index contributed by atoms with van der Waals surface area (Å²) >= 11 is 1.35. The molecule has 1 aromatic carbocycles. The molecule has 2 aromatic rings. The van der Waals surface area contributed by atoms with Crippen molar-refractivity contribution in [3.63, 3.8) is 0 Å². The van der Waals surface area contributed by atoms with Crippen LogP contribution in [0.15, 0.2) is 30.3 Å². The number of hydrogen-bond acceptors (Lipinski definition) is 6. The minimum atomic E-state index is 0.138. The molecular formula is C13H18N4OS. The molecular weight excluding hydrogens is 260 g/mol. The molecule has 0 atom stereocenters. The molecule has 19 heavy (non-hydrogen) atoms. The highest BCUT2D eigenvalue weighted by molar-refractivity contribution is 7.10. The number of rotatable bonds is 7. The van der Waals surface area contributed by atoms with Crippen molar-refractivity contribution in [2.45, 2.75) is 13.1 Å². The zero-order valence-corrected chi connectivity index (χ0v) is 11.7. The minimum Gasteiger partial charge on any atom is -0.395 e. The molecule has 0 aliphatic heterocycles. The van der Waals surface area contributed by atoms with Crippen LogP contribution in [0, 0.1) is 0 Å². The highest BCUT2D eigenvalue weighted by Gasteiger charge is 2.12. The topological polar surface area (TPSA) is 61.3 Å². The first-order valence-electron chi connectivity index (χ1n) is 6.19. The summed E-state index contributed by atoms with van der Waals surface area (Å²) in [4.78, 5) is 2.16. The fourth-order valence-electron chi connectivity index (χ4n) is 1.91. The van der Waals surface area contributed by atoms with E-state index in [0.29, 0.717) is 13.1 Å². The molecule has 0 radical (unpaired) electrons. The average molecular weight is 278 g/mol. The summed E-state index contributed by atoms with van der Waals surface area (Å²) in [6.45, 7) is 2.24. The Labute approximate surface area is 117 Å². The Morgan fingerprint density at radius 2 is 2.05 bits per heavy atom. The molecule has 0 bridgehead atoms. The van der Waals surface area contributed by atoms with E-state index >= 15 is 0 Å². The SMILES string of the molecule is CNc1snnc1CN(CCO)Cc1ccccc1. The Morgan fingerprint density at radius 3 is 2.74 bits per heavy atom. The van der Waals surface area contributed by atoms with Gasteiger partial charge >= 0.3 is 0 Å². The van der Waals surface area contributed by atoms with Crippen LogP contribution < -0.4 is 5.32 Å². The first kappa shape index (κ1) is 13.9. The maximum atomic E-state index is 9.18. The maximum Gasteiger partial charge on any atom is 0.134 e. The van der Waals surface area contributed by atoms with Gasteiger partial charge in [0.2, 0.25) is 0 Å². The predicted octanol–water partition coefficient (Wildman–Crippen LogP) is 1.57. The molecule has 0 saturated carbocycles. The van der Waals surface area contributed by atoms with Gasteiger partial charge in [0.1, 0.15) is 10.7 Å². The van der Waals surface area contributed by atoms with Gasteiger partial charge in [0.25, 0.3) is 0 Å². The van der Waals surface area contributed by atoms with E-state index in [1.165, 1.54) is 17.1 Å². The first-order valence-corrected chi connectivity index (χ1v) is 6.97. The standard InChI is InChI=1S/C13H18N4OS/c1-14-13-12(15-16-19-13)10-17(7-8-18)9-11-5-3-2-4-6-11/h2-6,14,18H,7-10H2,1H3. The van der Waals surface area contributed by atoms with E-state index in [1.807, 2.05) is 25.2 Å². The Morgan fingerprint density at radius 1 is 1.26 bits per heavy atom. The van der Waals surface area contributed by atoms with Gasteiger partial charge in [-0.15, -0.1) is 5.10 Å². The summed E-state index contributed by atoms with van der Waals surface area (Å²) in [5.74, 6) is 0. The van der Waals surface area contributed by atoms with Gasteiger partial charge in [0.15, 0.2) is 0 Å². The van der Waals surface area contributed by atoms with Crippen LogP contribution in [0.4, 0.5) is 5.00 Å². The Kier molecular flexibility index (Phi) is 5.26. The smallest absolute Gasteiger partial charge is 0.134 e. The maximum absolute atomic E-state index is 9.18. The zero-order chi connectivity index (χ0) is 13.5. The fraction of sp³-hybridized carbons (Fsp3) is 0.385. The summed E-state index contributed by atoms with van der Waals surface area (Å²) in [6, 6.07) is 10.2. The second kappa shape index (κ2) is 7.18. The summed E-state index contributed by atoms with van der Waals surface area (Å²) in [5, 5.41) is 17.4. The van der Waals surface area contributed by atoms with Gasteiger partial charge in [-0.3, -0.25) is 4.90 Å². The van der Waals surface area contributed by atoms with Crippen molar-refractivity contribution in [1.29, 1.82) is 0 Å².